The molecule has 1 aliphatic heterocycles. The van der Waals surface area contributed by atoms with Crippen LogP contribution in [0.25, 0.3) is 10.8 Å². The lowest BCUT2D eigenvalue weighted by Crippen LogP contribution is -2.37. The lowest BCUT2D eigenvalue weighted by Gasteiger charge is -2.37. The predicted octanol–water partition coefficient (Wildman–Crippen LogP) is 6.16. The number of piperidine rings is 1. The third-order valence-electron chi connectivity index (χ3n) is 7.73. The SMILES string of the molecule is CC(C)(C)C1CCC(Oc2ccc3cc(CCN4CCC(C(=O)O)CC4)ccc3c2)CC1. The zero-order valence-electron chi connectivity index (χ0n) is 20.0. The second-order valence-corrected chi connectivity index (χ2v) is 11.0. The van der Waals surface area contributed by atoms with Crippen LogP contribution in [0.15, 0.2) is 36.4 Å². The number of hydrogen-bond donors (Lipinski definition) is 1. The minimum Gasteiger partial charge on any atom is -0.490 e. The summed E-state index contributed by atoms with van der Waals surface area (Å²) in [6, 6.07) is 13.2. The van der Waals surface area contributed by atoms with Crippen LogP contribution in [0.4, 0.5) is 0 Å². The molecule has 1 aliphatic carbocycles. The van der Waals surface area contributed by atoms with E-state index in [2.05, 4.69) is 62.1 Å². The molecule has 4 nitrogen and oxygen atoms in total. The van der Waals surface area contributed by atoms with E-state index in [1.54, 1.807) is 0 Å². The van der Waals surface area contributed by atoms with E-state index in [0.29, 0.717) is 11.5 Å². The van der Waals surface area contributed by atoms with E-state index in [1.807, 2.05) is 0 Å². The number of nitrogens with zero attached hydrogens (tertiary/aromatic N) is 1. The van der Waals surface area contributed by atoms with Gasteiger partial charge in [-0.3, -0.25) is 4.79 Å². The number of carboxylic acid groups (broad SMARTS) is 1. The molecule has 174 valence electrons. The summed E-state index contributed by atoms with van der Waals surface area (Å²) in [6.07, 6.45) is 7.73. The Balaban J connectivity index is 1.29. The number of ether oxygens (including phenoxy) is 1. The fourth-order valence-electron chi connectivity index (χ4n) is 5.43. The van der Waals surface area contributed by atoms with Gasteiger partial charge in [0.25, 0.3) is 0 Å². The number of aliphatic carboxylic acids is 1. The first-order valence-corrected chi connectivity index (χ1v) is 12.4. The van der Waals surface area contributed by atoms with Crippen LogP contribution in [-0.4, -0.2) is 41.7 Å². The van der Waals surface area contributed by atoms with Crippen molar-refractivity contribution in [3.63, 3.8) is 0 Å². The highest BCUT2D eigenvalue weighted by molar-refractivity contribution is 5.84. The zero-order valence-corrected chi connectivity index (χ0v) is 20.0. The van der Waals surface area contributed by atoms with Crippen LogP contribution < -0.4 is 4.74 Å². The molecule has 1 N–H and O–H groups in total. The Morgan fingerprint density at radius 2 is 1.62 bits per heavy atom. The van der Waals surface area contributed by atoms with Crippen LogP contribution in [0.2, 0.25) is 0 Å². The van der Waals surface area contributed by atoms with E-state index in [0.717, 1.165) is 63.4 Å². The molecule has 1 saturated heterocycles. The van der Waals surface area contributed by atoms with Crippen molar-refractivity contribution >= 4 is 16.7 Å². The smallest absolute Gasteiger partial charge is 0.306 e. The summed E-state index contributed by atoms with van der Waals surface area (Å²) in [5.41, 5.74) is 1.74. The van der Waals surface area contributed by atoms with E-state index in [1.165, 1.54) is 29.2 Å². The van der Waals surface area contributed by atoms with Crippen molar-refractivity contribution in [1.82, 2.24) is 4.90 Å². The standard InChI is InChI=1S/C28H39NO3/c1-28(2,3)24-7-10-25(11-8-24)32-26-9-6-22-18-20(4-5-23(22)19-26)12-15-29-16-13-21(14-17-29)27(30)31/h4-6,9,18-19,21,24-25H,7-8,10-17H2,1-3H3,(H,30,31). The number of rotatable bonds is 6. The van der Waals surface area contributed by atoms with Crippen LogP contribution in [0.1, 0.15) is 64.9 Å². The molecule has 4 heteroatoms. The fourth-order valence-corrected chi connectivity index (χ4v) is 5.43. The Morgan fingerprint density at radius 3 is 2.28 bits per heavy atom. The summed E-state index contributed by atoms with van der Waals surface area (Å²) in [6.45, 7) is 9.86. The van der Waals surface area contributed by atoms with Gasteiger partial charge in [-0.2, -0.15) is 0 Å². The van der Waals surface area contributed by atoms with Gasteiger partial charge in [0.05, 0.1) is 12.0 Å². The molecule has 0 unspecified atom stereocenters. The topological polar surface area (TPSA) is 49.8 Å². The number of benzene rings is 2. The number of hydrogen-bond acceptors (Lipinski definition) is 3. The van der Waals surface area contributed by atoms with Gasteiger partial charge in [-0.15, -0.1) is 0 Å². The van der Waals surface area contributed by atoms with Gasteiger partial charge in [-0.1, -0.05) is 45.0 Å². The highest BCUT2D eigenvalue weighted by Gasteiger charge is 2.30. The van der Waals surface area contributed by atoms with Crippen molar-refractivity contribution in [2.75, 3.05) is 19.6 Å². The summed E-state index contributed by atoms with van der Waals surface area (Å²) in [4.78, 5) is 13.5. The molecule has 4 rings (SSSR count). The number of fused-ring (bicyclic) bond motifs is 1. The van der Waals surface area contributed by atoms with Gasteiger partial charge in [0.2, 0.25) is 0 Å². The number of carboxylic acids is 1. The van der Waals surface area contributed by atoms with Crippen LogP contribution >= 0.6 is 0 Å². The second-order valence-electron chi connectivity index (χ2n) is 11.0. The third kappa shape index (κ3) is 5.83. The van der Waals surface area contributed by atoms with Gasteiger partial charge in [0, 0.05) is 6.54 Å². The molecule has 2 aliphatic rings. The van der Waals surface area contributed by atoms with Crippen molar-refractivity contribution < 1.29 is 14.6 Å². The maximum atomic E-state index is 11.1. The van der Waals surface area contributed by atoms with Crippen LogP contribution in [0.3, 0.4) is 0 Å². The van der Waals surface area contributed by atoms with E-state index >= 15 is 0 Å². The van der Waals surface area contributed by atoms with Crippen LogP contribution in [0, 0.1) is 17.3 Å². The summed E-state index contributed by atoms with van der Waals surface area (Å²) in [7, 11) is 0. The van der Waals surface area contributed by atoms with Gasteiger partial charge < -0.3 is 14.7 Å². The van der Waals surface area contributed by atoms with Gasteiger partial charge in [-0.25, -0.2) is 0 Å². The highest BCUT2D eigenvalue weighted by atomic mass is 16.5. The molecule has 2 aromatic rings. The molecule has 2 aromatic carbocycles. The summed E-state index contributed by atoms with van der Waals surface area (Å²) in [5.74, 6) is 1.00. The molecular weight excluding hydrogens is 398 g/mol. The minimum atomic E-state index is -0.639. The monoisotopic (exact) mass is 437 g/mol. The molecule has 1 heterocycles. The van der Waals surface area contributed by atoms with E-state index < -0.39 is 5.97 Å². The van der Waals surface area contributed by atoms with Crippen LogP contribution in [0.5, 0.6) is 5.75 Å². The molecule has 2 fully saturated rings. The van der Waals surface area contributed by atoms with Crippen LogP contribution in [-0.2, 0) is 11.2 Å². The molecule has 0 spiro atoms. The Labute approximate surface area is 192 Å². The number of carbonyl (C=O) groups is 1. The Kier molecular flexibility index (Phi) is 7.09. The van der Waals surface area contributed by atoms with E-state index in [4.69, 9.17) is 9.84 Å². The lowest BCUT2D eigenvalue weighted by atomic mass is 9.72. The average Bonchev–Trinajstić information content (AvgIpc) is 2.77. The average molecular weight is 438 g/mol. The van der Waals surface area contributed by atoms with E-state index in [-0.39, 0.29) is 5.92 Å². The van der Waals surface area contributed by atoms with Crippen molar-refractivity contribution in [3.05, 3.63) is 42.0 Å². The van der Waals surface area contributed by atoms with Gasteiger partial charge in [-0.05, 0) is 97.8 Å². The fraction of sp³-hybridized carbons (Fsp3) is 0.607. The summed E-state index contributed by atoms with van der Waals surface area (Å²) >= 11 is 0. The van der Waals surface area contributed by atoms with Crippen molar-refractivity contribution in [3.8, 4) is 5.75 Å². The van der Waals surface area contributed by atoms with Gasteiger partial charge in [0.15, 0.2) is 0 Å². The first-order valence-electron chi connectivity index (χ1n) is 12.4. The van der Waals surface area contributed by atoms with Crippen molar-refractivity contribution in [2.24, 2.45) is 17.3 Å². The normalized spacial score (nSPS) is 23.3. The Bertz CT molecular complexity index is 916. The maximum Gasteiger partial charge on any atom is 0.306 e. The van der Waals surface area contributed by atoms with Crippen molar-refractivity contribution in [1.29, 1.82) is 0 Å². The highest BCUT2D eigenvalue weighted by Crippen LogP contribution is 2.39. The third-order valence-corrected chi connectivity index (χ3v) is 7.73. The maximum absolute atomic E-state index is 11.1. The largest absolute Gasteiger partial charge is 0.490 e. The predicted molar refractivity (Wildman–Crippen MR) is 130 cm³/mol. The quantitative estimate of drug-likeness (QED) is 0.588. The molecule has 0 amide bonds. The zero-order chi connectivity index (χ0) is 22.7. The summed E-state index contributed by atoms with van der Waals surface area (Å²) in [5, 5.41) is 11.6. The molecule has 0 radical (unpaired) electrons. The minimum absolute atomic E-state index is 0.156. The summed E-state index contributed by atoms with van der Waals surface area (Å²) < 4.78 is 6.36. The molecule has 0 aromatic heterocycles. The molecular formula is C28H39NO3. The van der Waals surface area contributed by atoms with Gasteiger partial charge >= 0.3 is 5.97 Å². The molecule has 1 saturated carbocycles. The van der Waals surface area contributed by atoms with E-state index in [9.17, 15) is 4.79 Å². The second kappa shape index (κ2) is 9.82. The Hall–Kier alpha value is -2.07. The Morgan fingerprint density at radius 1 is 0.969 bits per heavy atom. The van der Waals surface area contributed by atoms with Gasteiger partial charge in [0.1, 0.15) is 5.75 Å². The van der Waals surface area contributed by atoms with Crippen molar-refractivity contribution in [2.45, 2.75) is 71.8 Å². The first-order chi connectivity index (χ1) is 15.3. The first kappa shape index (κ1) is 23.1. The molecule has 0 bridgehead atoms. The molecule has 0 atom stereocenters. The lowest BCUT2D eigenvalue weighted by molar-refractivity contribution is -0.143. The number of likely N-dealkylation sites (tertiary alicyclic amines) is 1. The molecule has 32 heavy (non-hydrogen) atoms.